The lowest BCUT2D eigenvalue weighted by molar-refractivity contribution is 0.130. The van der Waals surface area contributed by atoms with Gasteiger partial charge in [-0.15, -0.1) is 0 Å². The Kier molecular flexibility index (Phi) is 2.22. The molecule has 12 heavy (non-hydrogen) atoms. The molecule has 0 atom stereocenters. The van der Waals surface area contributed by atoms with E-state index in [1.807, 2.05) is 20.8 Å². The van der Waals surface area contributed by atoms with Crippen LogP contribution in [-0.2, 0) is 0 Å². The van der Waals surface area contributed by atoms with Crippen molar-refractivity contribution in [1.82, 2.24) is 4.98 Å². The van der Waals surface area contributed by atoms with Gasteiger partial charge < -0.3 is 9.72 Å². The van der Waals surface area contributed by atoms with E-state index in [0.717, 1.165) is 0 Å². The van der Waals surface area contributed by atoms with Crippen molar-refractivity contribution in [3.63, 3.8) is 0 Å². The number of rotatable bonds is 1. The topological polar surface area (TPSA) is 42.1 Å². The zero-order valence-corrected chi connectivity index (χ0v) is 7.55. The van der Waals surface area contributed by atoms with Gasteiger partial charge in [-0.1, -0.05) is 0 Å². The monoisotopic (exact) mass is 167 g/mol. The molecule has 3 heteroatoms. The molecule has 1 N–H and O–H groups in total. The van der Waals surface area contributed by atoms with Gasteiger partial charge in [0.1, 0.15) is 11.4 Å². The highest BCUT2D eigenvalue weighted by Crippen LogP contribution is 2.14. The van der Waals surface area contributed by atoms with E-state index in [-0.39, 0.29) is 11.2 Å². The summed E-state index contributed by atoms with van der Waals surface area (Å²) >= 11 is 0. The Balaban J connectivity index is 2.84. The predicted octanol–water partition coefficient (Wildman–Crippen LogP) is 1.55. The minimum absolute atomic E-state index is 0.142. The van der Waals surface area contributed by atoms with Crippen LogP contribution in [-0.4, -0.2) is 10.6 Å². The van der Waals surface area contributed by atoms with Crippen LogP contribution in [0.3, 0.4) is 0 Å². The van der Waals surface area contributed by atoms with E-state index in [0.29, 0.717) is 5.75 Å². The van der Waals surface area contributed by atoms with E-state index in [1.54, 1.807) is 12.3 Å². The molecule has 0 spiro atoms. The van der Waals surface area contributed by atoms with Crippen molar-refractivity contribution in [2.24, 2.45) is 0 Å². The molecule has 0 aromatic carbocycles. The summed E-state index contributed by atoms with van der Waals surface area (Å²) in [6.45, 7) is 5.82. The molecule has 1 rings (SSSR count). The van der Waals surface area contributed by atoms with Gasteiger partial charge in [-0.25, -0.2) is 0 Å². The molecule has 0 aliphatic rings. The number of hydrogen-bond donors (Lipinski definition) is 1. The fraction of sp³-hybridized carbons (Fsp3) is 0.444. The smallest absolute Gasteiger partial charge is 0.251 e. The van der Waals surface area contributed by atoms with Gasteiger partial charge in [-0.3, -0.25) is 4.79 Å². The fourth-order valence-electron chi connectivity index (χ4n) is 0.842. The Morgan fingerprint density at radius 1 is 1.42 bits per heavy atom. The molecule has 0 amide bonds. The number of nitrogens with one attached hydrogen (secondary N) is 1. The van der Waals surface area contributed by atoms with Gasteiger partial charge in [0.25, 0.3) is 5.56 Å². The van der Waals surface area contributed by atoms with Crippen molar-refractivity contribution in [2.75, 3.05) is 0 Å². The third-order valence-electron chi connectivity index (χ3n) is 1.17. The van der Waals surface area contributed by atoms with Crippen LogP contribution in [0.5, 0.6) is 5.75 Å². The second-order valence-corrected chi connectivity index (χ2v) is 3.60. The zero-order chi connectivity index (χ0) is 9.19. The standard InChI is InChI=1S/C9H13NO2/c1-9(2,3)12-7-4-5-10-8(11)6-7/h4-6H,1-3H3,(H,10,11). The van der Waals surface area contributed by atoms with Gasteiger partial charge in [0, 0.05) is 12.3 Å². The number of aromatic nitrogens is 1. The molecule has 0 aliphatic carbocycles. The largest absolute Gasteiger partial charge is 0.488 e. The highest BCUT2D eigenvalue weighted by molar-refractivity contribution is 5.17. The Morgan fingerprint density at radius 3 is 2.58 bits per heavy atom. The van der Waals surface area contributed by atoms with E-state index in [4.69, 9.17) is 4.74 Å². The lowest BCUT2D eigenvalue weighted by Gasteiger charge is -2.20. The first kappa shape index (κ1) is 8.84. The molecule has 0 aliphatic heterocycles. The average molecular weight is 167 g/mol. The Hall–Kier alpha value is -1.25. The maximum atomic E-state index is 10.8. The van der Waals surface area contributed by atoms with Crippen molar-refractivity contribution in [3.05, 3.63) is 28.7 Å². The Labute approximate surface area is 71.4 Å². The number of H-pyrrole nitrogens is 1. The van der Waals surface area contributed by atoms with E-state index in [9.17, 15) is 4.79 Å². The second kappa shape index (κ2) is 3.01. The lowest BCUT2D eigenvalue weighted by Crippen LogP contribution is -2.23. The molecular weight excluding hydrogens is 154 g/mol. The molecule has 1 aromatic rings. The maximum Gasteiger partial charge on any atom is 0.251 e. The SMILES string of the molecule is CC(C)(C)Oc1cc[nH]c(=O)c1. The first-order chi connectivity index (χ1) is 5.47. The molecule has 0 radical (unpaired) electrons. The molecule has 3 nitrogen and oxygen atoms in total. The van der Waals surface area contributed by atoms with Crippen LogP contribution >= 0.6 is 0 Å². The van der Waals surface area contributed by atoms with Crippen molar-refractivity contribution in [2.45, 2.75) is 26.4 Å². The van der Waals surface area contributed by atoms with Crippen LogP contribution in [0.2, 0.25) is 0 Å². The molecule has 66 valence electrons. The maximum absolute atomic E-state index is 10.8. The summed E-state index contributed by atoms with van der Waals surface area (Å²) in [6.07, 6.45) is 1.57. The summed E-state index contributed by atoms with van der Waals surface area (Å²) in [4.78, 5) is 13.4. The number of aromatic amines is 1. The first-order valence-corrected chi connectivity index (χ1v) is 3.85. The molecule has 0 bridgehead atoms. The third kappa shape index (κ3) is 2.78. The Bertz CT molecular complexity index is 309. The summed E-state index contributed by atoms with van der Waals surface area (Å²) in [7, 11) is 0. The van der Waals surface area contributed by atoms with Crippen LogP contribution in [0, 0.1) is 0 Å². The van der Waals surface area contributed by atoms with Gasteiger partial charge in [0.15, 0.2) is 0 Å². The van der Waals surface area contributed by atoms with Crippen LogP contribution in [0.4, 0.5) is 0 Å². The molecular formula is C9H13NO2. The fourth-order valence-corrected chi connectivity index (χ4v) is 0.842. The minimum atomic E-state index is -0.256. The van der Waals surface area contributed by atoms with Crippen molar-refractivity contribution < 1.29 is 4.74 Å². The highest BCUT2D eigenvalue weighted by Gasteiger charge is 2.11. The molecule has 0 unspecified atom stereocenters. The van der Waals surface area contributed by atoms with Crippen LogP contribution in [0.15, 0.2) is 23.1 Å². The first-order valence-electron chi connectivity index (χ1n) is 3.85. The van der Waals surface area contributed by atoms with Gasteiger partial charge in [0.2, 0.25) is 0 Å². The molecule has 0 saturated carbocycles. The lowest BCUT2D eigenvalue weighted by atomic mass is 10.2. The number of ether oxygens (including phenoxy) is 1. The van der Waals surface area contributed by atoms with E-state index >= 15 is 0 Å². The van der Waals surface area contributed by atoms with E-state index in [1.165, 1.54) is 6.07 Å². The number of hydrogen-bond acceptors (Lipinski definition) is 2. The minimum Gasteiger partial charge on any atom is -0.488 e. The summed E-state index contributed by atoms with van der Waals surface area (Å²) in [5.74, 6) is 0.603. The van der Waals surface area contributed by atoms with Crippen molar-refractivity contribution >= 4 is 0 Å². The predicted molar refractivity (Wildman–Crippen MR) is 47.4 cm³/mol. The zero-order valence-electron chi connectivity index (χ0n) is 7.55. The van der Waals surface area contributed by atoms with Gasteiger partial charge in [0.05, 0.1) is 0 Å². The molecule has 1 aromatic heterocycles. The van der Waals surface area contributed by atoms with Crippen molar-refractivity contribution in [1.29, 1.82) is 0 Å². The van der Waals surface area contributed by atoms with E-state index in [2.05, 4.69) is 4.98 Å². The highest BCUT2D eigenvalue weighted by atomic mass is 16.5. The summed E-state index contributed by atoms with van der Waals surface area (Å²) < 4.78 is 5.46. The van der Waals surface area contributed by atoms with Crippen LogP contribution < -0.4 is 10.3 Å². The third-order valence-corrected chi connectivity index (χ3v) is 1.17. The van der Waals surface area contributed by atoms with Gasteiger partial charge in [-0.2, -0.15) is 0 Å². The normalized spacial score (nSPS) is 11.2. The van der Waals surface area contributed by atoms with Gasteiger partial charge >= 0.3 is 0 Å². The van der Waals surface area contributed by atoms with Crippen LogP contribution in [0.1, 0.15) is 20.8 Å². The van der Waals surface area contributed by atoms with E-state index < -0.39 is 0 Å². The molecule has 0 saturated heterocycles. The van der Waals surface area contributed by atoms with Crippen LogP contribution in [0.25, 0.3) is 0 Å². The number of pyridine rings is 1. The van der Waals surface area contributed by atoms with Gasteiger partial charge in [-0.05, 0) is 26.8 Å². The summed E-state index contributed by atoms with van der Waals surface area (Å²) in [5, 5.41) is 0. The molecule has 0 fully saturated rings. The summed E-state index contributed by atoms with van der Waals surface area (Å²) in [5.41, 5.74) is -0.398. The molecule has 1 heterocycles. The quantitative estimate of drug-likeness (QED) is 0.689. The Morgan fingerprint density at radius 2 is 2.08 bits per heavy atom. The van der Waals surface area contributed by atoms with Crippen molar-refractivity contribution in [3.8, 4) is 5.75 Å². The average Bonchev–Trinajstić information content (AvgIpc) is 1.82. The summed E-state index contributed by atoms with van der Waals surface area (Å²) in [6, 6.07) is 3.16. The second-order valence-electron chi connectivity index (χ2n) is 3.60.